The van der Waals surface area contributed by atoms with Crippen LogP contribution in [-0.2, 0) is 5.41 Å². The van der Waals surface area contributed by atoms with E-state index < -0.39 is 0 Å². The quantitative estimate of drug-likeness (QED) is 0.179. The molecule has 1 aliphatic carbocycles. The number of pyridine rings is 2. The minimum Gasteiger partial charge on any atom is -0.309 e. The van der Waals surface area contributed by atoms with Crippen LogP contribution in [0.3, 0.4) is 0 Å². The van der Waals surface area contributed by atoms with Gasteiger partial charge in [-0.15, -0.1) is 0 Å². The smallest absolute Gasteiger partial charge is 0.138 e. The zero-order valence-electron chi connectivity index (χ0n) is 27.1. The second-order valence-corrected chi connectivity index (χ2v) is 13.8. The fourth-order valence-electron chi connectivity index (χ4n) is 8.88. The number of aromatic nitrogens is 4. The maximum absolute atomic E-state index is 5.46. The number of benzene rings is 6. The Balaban J connectivity index is 1.44. The number of nitrogens with zero attached hydrogens (tertiary/aromatic N) is 4. The van der Waals surface area contributed by atoms with Crippen molar-refractivity contribution >= 4 is 65.4 Å². The van der Waals surface area contributed by atoms with Crippen LogP contribution in [0.25, 0.3) is 88.0 Å². The molecule has 4 heterocycles. The van der Waals surface area contributed by atoms with Gasteiger partial charge in [0.05, 0.1) is 33.1 Å². The highest BCUT2D eigenvalue weighted by Crippen LogP contribution is 2.58. The number of rotatable bonds is 2. The summed E-state index contributed by atoms with van der Waals surface area (Å²) in [7, 11) is 0. The van der Waals surface area contributed by atoms with E-state index in [1.807, 2.05) is 12.3 Å². The molecule has 0 bridgehead atoms. The molecule has 0 saturated heterocycles. The predicted molar refractivity (Wildman–Crippen MR) is 203 cm³/mol. The molecular formula is C45H30N4. The lowest BCUT2D eigenvalue weighted by Gasteiger charge is -2.23. The minimum absolute atomic E-state index is 0.234. The number of hydrogen-bond donors (Lipinski definition) is 0. The van der Waals surface area contributed by atoms with Gasteiger partial charge in [-0.2, -0.15) is 0 Å². The van der Waals surface area contributed by atoms with Crippen molar-refractivity contribution in [2.75, 3.05) is 0 Å². The zero-order chi connectivity index (χ0) is 32.4. The molecule has 0 atom stereocenters. The third-order valence-corrected chi connectivity index (χ3v) is 10.9. The molecule has 1 aliphatic rings. The first-order chi connectivity index (χ1) is 24.1. The first-order valence-corrected chi connectivity index (χ1v) is 16.9. The van der Waals surface area contributed by atoms with Gasteiger partial charge >= 0.3 is 0 Å². The van der Waals surface area contributed by atoms with Gasteiger partial charge in [0.1, 0.15) is 5.82 Å². The summed E-state index contributed by atoms with van der Waals surface area (Å²) in [6.45, 7) is 4.80. The van der Waals surface area contributed by atoms with Crippen LogP contribution in [0.4, 0.5) is 0 Å². The third kappa shape index (κ3) is 3.38. The van der Waals surface area contributed by atoms with Crippen molar-refractivity contribution in [3.05, 3.63) is 157 Å². The van der Waals surface area contributed by atoms with Crippen molar-refractivity contribution in [3.8, 4) is 22.6 Å². The summed E-state index contributed by atoms with van der Waals surface area (Å²) < 4.78 is 4.92. The fourth-order valence-corrected chi connectivity index (χ4v) is 8.88. The largest absolute Gasteiger partial charge is 0.309 e. The van der Waals surface area contributed by atoms with Gasteiger partial charge in [0.2, 0.25) is 0 Å². The van der Waals surface area contributed by atoms with E-state index in [0.29, 0.717) is 0 Å². The zero-order valence-corrected chi connectivity index (χ0v) is 27.1. The molecule has 11 rings (SSSR count). The van der Waals surface area contributed by atoms with Crippen molar-refractivity contribution in [3.63, 3.8) is 0 Å². The van der Waals surface area contributed by atoms with E-state index in [0.717, 1.165) is 38.8 Å². The van der Waals surface area contributed by atoms with E-state index in [9.17, 15) is 0 Å². The first kappa shape index (κ1) is 26.8. The maximum atomic E-state index is 5.46. The van der Waals surface area contributed by atoms with E-state index in [1.165, 1.54) is 60.3 Å². The van der Waals surface area contributed by atoms with Gasteiger partial charge in [-0.3, -0.25) is 9.55 Å². The van der Waals surface area contributed by atoms with Gasteiger partial charge in [0.25, 0.3) is 0 Å². The number of hydrogen-bond acceptors (Lipinski definition) is 2. The Morgan fingerprint density at radius 2 is 1.18 bits per heavy atom. The highest BCUT2D eigenvalue weighted by Gasteiger charge is 2.41. The highest BCUT2D eigenvalue weighted by atomic mass is 15.1. The van der Waals surface area contributed by atoms with Gasteiger partial charge < -0.3 is 4.57 Å². The van der Waals surface area contributed by atoms with Crippen LogP contribution in [0, 0.1) is 0 Å². The minimum atomic E-state index is -0.234. The third-order valence-electron chi connectivity index (χ3n) is 10.9. The molecule has 6 aromatic carbocycles. The van der Waals surface area contributed by atoms with Gasteiger partial charge in [-0.1, -0.05) is 111 Å². The van der Waals surface area contributed by atoms with Crippen LogP contribution in [0.1, 0.15) is 25.0 Å². The van der Waals surface area contributed by atoms with Gasteiger partial charge in [0.15, 0.2) is 0 Å². The second kappa shape index (κ2) is 9.42. The summed E-state index contributed by atoms with van der Waals surface area (Å²) in [6, 6.07) is 50.4. The molecule has 4 heteroatoms. The van der Waals surface area contributed by atoms with E-state index >= 15 is 0 Å². The van der Waals surface area contributed by atoms with E-state index in [2.05, 4.69) is 156 Å². The Morgan fingerprint density at radius 1 is 0.531 bits per heavy atom. The monoisotopic (exact) mass is 626 g/mol. The van der Waals surface area contributed by atoms with Crippen molar-refractivity contribution in [1.82, 2.24) is 19.1 Å². The summed E-state index contributed by atoms with van der Waals surface area (Å²) >= 11 is 0. The lowest BCUT2D eigenvalue weighted by Crippen LogP contribution is -2.15. The molecule has 10 aromatic rings. The molecular weight excluding hydrogens is 597 g/mol. The molecule has 230 valence electrons. The molecule has 0 unspecified atom stereocenters. The fraction of sp³-hybridized carbons (Fsp3) is 0.0667. The van der Waals surface area contributed by atoms with E-state index in [4.69, 9.17) is 9.97 Å². The summed E-state index contributed by atoms with van der Waals surface area (Å²) in [5.41, 5.74) is 12.9. The Kier molecular flexibility index (Phi) is 5.15. The molecule has 0 aliphatic heterocycles. The SMILES string of the molecule is CC1(C)c2ccccc2-c2c1c1c3ccccc3n(-c3ccc4ccc5cccnc5c4n3)c1c1c3ccccc3n(-c3ccccc3)c21. The number of para-hydroxylation sites is 3. The second-order valence-electron chi connectivity index (χ2n) is 13.8. The van der Waals surface area contributed by atoms with Gasteiger partial charge in [0, 0.05) is 55.2 Å². The average molecular weight is 627 g/mol. The molecule has 4 nitrogen and oxygen atoms in total. The first-order valence-electron chi connectivity index (χ1n) is 16.9. The lowest BCUT2D eigenvalue weighted by atomic mass is 9.80. The van der Waals surface area contributed by atoms with Crippen molar-refractivity contribution in [2.24, 2.45) is 0 Å². The summed E-state index contributed by atoms with van der Waals surface area (Å²) in [4.78, 5) is 10.3. The molecule has 0 fully saturated rings. The Morgan fingerprint density at radius 3 is 2.00 bits per heavy atom. The summed E-state index contributed by atoms with van der Waals surface area (Å²) in [6.07, 6.45) is 1.86. The topological polar surface area (TPSA) is 35.6 Å². The molecule has 49 heavy (non-hydrogen) atoms. The van der Waals surface area contributed by atoms with Crippen LogP contribution in [-0.4, -0.2) is 19.1 Å². The molecule has 0 saturated carbocycles. The molecule has 0 spiro atoms. The van der Waals surface area contributed by atoms with Gasteiger partial charge in [-0.25, -0.2) is 4.98 Å². The van der Waals surface area contributed by atoms with Crippen LogP contribution in [0.15, 0.2) is 146 Å². The van der Waals surface area contributed by atoms with Crippen LogP contribution < -0.4 is 0 Å². The Bertz CT molecular complexity index is 3020. The lowest BCUT2D eigenvalue weighted by molar-refractivity contribution is 0.667. The summed E-state index contributed by atoms with van der Waals surface area (Å²) in [5, 5.41) is 7.19. The Labute approximate surface area is 282 Å². The van der Waals surface area contributed by atoms with Crippen LogP contribution in [0.5, 0.6) is 0 Å². The molecule has 0 radical (unpaired) electrons. The van der Waals surface area contributed by atoms with Crippen molar-refractivity contribution in [2.45, 2.75) is 19.3 Å². The normalized spacial score (nSPS) is 13.7. The Hall–Kier alpha value is -6.26. The number of fused-ring (bicyclic) bond motifs is 15. The standard InChI is InChI=1S/C45H30N4/c1-45(2)33-19-9-6-16-30(33)37-40(45)38-31-17-7-11-21-35(31)49(36-25-24-28-23-22-27-13-12-26-46-41(27)42(28)47-36)44(38)39-32-18-8-10-20-34(32)48(43(37)39)29-14-4-3-5-15-29/h3-26H,1-2H3. The van der Waals surface area contributed by atoms with Crippen molar-refractivity contribution in [1.29, 1.82) is 0 Å². The predicted octanol–water partition coefficient (Wildman–Crippen LogP) is 11.3. The van der Waals surface area contributed by atoms with Crippen LogP contribution >= 0.6 is 0 Å². The van der Waals surface area contributed by atoms with Gasteiger partial charge in [-0.05, 0) is 59.2 Å². The molecule has 4 aromatic heterocycles. The van der Waals surface area contributed by atoms with E-state index in [1.54, 1.807) is 0 Å². The molecule has 0 amide bonds. The van der Waals surface area contributed by atoms with E-state index in [-0.39, 0.29) is 5.41 Å². The van der Waals surface area contributed by atoms with Crippen LogP contribution in [0.2, 0.25) is 0 Å². The average Bonchev–Trinajstić information content (AvgIpc) is 3.75. The highest BCUT2D eigenvalue weighted by molar-refractivity contribution is 6.31. The van der Waals surface area contributed by atoms with Crippen molar-refractivity contribution < 1.29 is 0 Å². The summed E-state index contributed by atoms with van der Waals surface area (Å²) in [5.74, 6) is 0.892. The molecule has 0 N–H and O–H groups in total. The maximum Gasteiger partial charge on any atom is 0.138 e.